The van der Waals surface area contributed by atoms with Crippen molar-refractivity contribution in [2.75, 3.05) is 0 Å². The molecule has 4 heteroatoms. The number of aromatic nitrogens is 2. The molecule has 4 nitrogen and oxygen atoms in total. The van der Waals surface area contributed by atoms with E-state index in [2.05, 4.69) is 70.2 Å². The van der Waals surface area contributed by atoms with Crippen molar-refractivity contribution < 1.29 is 0 Å². The van der Waals surface area contributed by atoms with E-state index in [1.165, 1.54) is 0 Å². The lowest BCUT2D eigenvalue weighted by molar-refractivity contribution is 1.18. The van der Waals surface area contributed by atoms with E-state index >= 15 is 0 Å². The number of rotatable bonds is 3. The summed E-state index contributed by atoms with van der Waals surface area (Å²) in [6.45, 7) is 0. The van der Waals surface area contributed by atoms with Crippen LogP contribution in [0, 0.1) is 22.7 Å². The maximum absolute atomic E-state index is 9.40. The highest BCUT2D eigenvalue weighted by atomic mass is 15.0. The Labute approximate surface area is 202 Å². The highest BCUT2D eigenvalue weighted by molar-refractivity contribution is 6.09. The Hall–Kier alpha value is -5.19. The standard InChI is InChI=1S/C31H18N4/c32-19-21-10-15-31-28(17-21)27-7-1-2-9-30(27)35(31)25-6-3-5-24(18-25)22-11-13-23(14-12-22)26-8-4-16-34-29(26)20-33/h1-18H. The van der Waals surface area contributed by atoms with Crippen LogP contribution in [0.25, 0.3) is 49.7 Å². The van der Waals surface area contributed by atoms with Gasteiger partial charge in [0.25, 0.3) is 0 Å². The molecule has 0 amide bonds. The van der Waals surface area contributed by atoms with Crippen LogP contribution in [0.5, 0.6) is 0 Å². The number of fused-ring (bicyclic) bond motifs is 3. The summed E-state index contributed by atoms with van der Waals surface area (Å²) in [4.78, 5) is 4.17. The molecule has 35 heavy (non-hydrogen) atoms. The molecule has 0 spiro atoms. The summed E-state index contributed by atoms with van der Waals surface area (Å²) in [6, 6.07) is 39.0. The van der Waals surface area contributed by atoms with Gasteiger partial charge in [0.1, 0.15) is 11.8 Å². The highest BCUT2D eigenvalue weighted by Gasteiger charge is 2.13. The molecule has 0 saturated carbocycles. The average molecular weight is 447 g/mol. The lowest BCUT2D eigenvalue weighted by Crippen LogP contribution is -1.94. The second kappa shape index (κ2) is 8.30. The van der Waals surface area contributed by atoms with Gasteiger partial charge in [-0.3, -0.25) is 0 Å². The summed E-state index contributed by atoms with van der Waals surface area (Å²) in [6.07, 6.45) is 1.64. The van der Waals surface area contributed by atoms with Gasteiger partial charge in [0.15, 0.2) is 0 Å². The van der Waals surface area contributed by atoms with Crippen LogP contribution in [-0.4, -0.2) is 9.55 Å². The van der Waals surface area contributed by atoms with Crippen LogP contribution in [0.4, 0.5) is 0 Å². The SMILES string of the molecule is N#Cc1ccc2c(c1)c1ccccc1n2-c1cccc(-c2ccc(-c3cccnc3C#N)cc2)c1. The summed E-state index contributed by atoms with van der Waals surface area (Å²) in [5.41, 5.74) is 8.29. The molecule has 162 valence electrons. The summed E-state index contributed by atoms with van der Waals surface area (Å²) in [5.74, 6) is 0. The van der Waals surface area contributed by atoms with E-state index in [1.54, 1.807) is 6.20 Å². The number of hydrogen-bond donors (Lipinski definition) is 0. The van der Waals surface area contributed by atoms with Gasteiger partial charge in [0, 0.05) is 28.2 Å². The van der Waals surface area contributed by atoms with Crippen molar-refractivity contribution in [3.8, 4) is 40.1 Å². The van der Waals surface area contributed by atoms with Gasteiger partial charge in [-0.2, -0.15) is 10.5 Å². The smallest absolute Gasteiger partial charge is 0.148 e. The quantitative estimate of drug-likeness (QED) is 0.287. The van der Waals surface area contributed by atoms with Crippen molar-refractivity contribution in [1.29, 1.82) is 10.5 Å². The fraction of sp³-hybridized carbons (Fsp3) is 0. The molecule has 6 rings (SSSR count). The van der Waals surface area contributed by atoms with Crippen LogP contribution in [0.1, 0.15) is 11.3 Å². The number of hydrogen-bond acceptors (Lipinski definition) is 3. The largest absolute Gasteiger partial charge is 0.309 e. The van der Waals surface area contributed by atoms with Crippen molar-refractivity contribution in [2.24, 2.45) is 0 Å². The van der Waals surface area contributed by atoms with Gasteiger partial charge in [-0.1, -0.05) is 54.6 Å². The molecule has 2 aromatic heterocycles. The molecular weight excluding hydrogens is 428 g/mol. The molecule has 4 aromatic carbocycles. The van der Waals surface area contributed by atoms with Gasteiger partial charge < -0.3 is 4.57 Å². The van der Waals surface area contributed by atoms with Gasteiger partial charge in [-0.25, -0.2) is 4.98 Å². The van der Waals surface area contributed by atoms with Crippen molar-refractivity contribution in [1.82, 2.24) is 9.55 Å². The minimum atomic E-state index is 0.424. The summed E-state index contributed by atoms with van der Waals surface area (Å²) >= 11 is 0. The van der Waals surface area contributed by atoms with Gasteiger partial charge in [0.2, 0.25) is 0 Å². The Balaban J connectivity index is 1.47. The molecule has 0 aliphatic carbocycles. The normalized spacial score (nSPS) is 10.8. The minimum Gasteiger partial charge on any atom is -0.309 e. The molecule has 0 N–H and O–H groups in total. The molecule has 0 fully saturated rings. The van der Waals surface area contributed by atoms with E-state index in [0.29, 0.717) is 11.3 Å². The molecule has 0 aliphatic heterocycles. The molecule has 2 heterocycles. The summed E-state index contributed by atoms with van der Waals surface area (Å²) in [7, 11) is 0. The molecule has 0 radical (unpaired) electrons. The van der Waals surface area contributed by atoms with E-state index in [1.807, 2.05) is 54.6 Å². The van der Waals surface area contributed by atoms with E-state index in [0.717, 1.165) is 49.7 Å². The Morgan fingerprint density at radius 3 is 2.23 bits per heavy atom. The number of para-hydroxylation sites is 1. The van der Waals surface area contributed by atoms with Crippen LogP contribution in [-0.2, 0) is 0 Å². The van der Waals surface area contributed by atoms with Gasteiger partial charge >= 0.3 is 0 Å². The number of nitriles is 2. The van der Waals surface area contributed by atoms with Crippen LogP contribution >= 0.6 is 0 Å². The fourth-order valence-electron chi connectivity index (χ4n) is 4.71. The van der Waals surface area contributed by atoms with E-state index in [9.17, 15) is 10.5 Å². The zero-order valence-corrected chi connectivity index (χ0v) is 18.7. The monoisotopic (exact) mass is 446 g/mol. The average Bonchev–Trinajstić information content (AvgIpc) is 3.27. The predicted octanol–water partition coefficient (Wildman–Crippen LogP) is 7.26. The molecule has 0 atom stereocenters. The van der Waals surface area contributed by atoms with Crippen LogP contribution < -0.4 is 0 Å². The number of nitrogens with zero attached hydrogens (tertiary/aromatic N) is 4. The van der Waals surface area contributed by atoms with Crippen LogP contribution in [0.15, 0.2) is 109 Å². The van der Waals surface area contributed by atoms with Crippen LogP contribution in [0.3, 0.4) is 0 Å². The third-order valence-corrected chi connectivity index (χ3v) is 6.35. The molecule has 0 unspecified atom stereocenters. The second-order valence-electron chi connectivity index (χ2n) is 8.34. The number of pyridine rings is 1. The predicted molar refractivity (Wildman–Crippen MR) is 139 cm³/mol. The van der Waals surface area contributed by atoms with Gasteiger partial charge in [-0.05, 0) is 65.2 Å². The van der Waals surface area contributed by atoms with E-state index in [-0.39, 0.29) is 0 Å². The topological polar surface area (TPSA) is 65.4 Å². The third kappa shape index (κ3) is 3.42. The van der Waals surface area contributed by atoms with Crippen LogP contribution in [0.2, 0.25) is 0 Å². The maximum atomic E-state index is 9.40. The van der Waals surface area contributed by atoms with Gasteiger partial charge in [0.05, 0.1) is 22.7 Å². The van der Waals surface area contributed by atoms with Gasteiger partial charge in [-0.15, -0.1) is 0 Å². The molecule has 0 saturated heterocycles. The van der Waals surface area contributed by atoms with Crippen molar-refractivity contribution in [2.45, 2.75) is 0 Å². The lowest BCUT2D eigenvalue weighted by Gasteiger charge is -2.11. The van der Waals surface area contributed by atoms with Crippen molar-refractivity contribution >= 4 is 21.8 Å². The third-order valence-electron chi connectivity index (χ3n) is 6.35. The molecule has 6 aromatic rings. The first kappa shape index (κ1) is 20.4. The minimum absolute atomic E-state index is 0.424. The lowest BCUT2D eigenvalue weighted by atomic mass is 9.99. The Kier molecular flexibility index (Phi) is 4.84. The molecular formula is C31H18N4. The second-order valence-corrected chi connectivity index (χ2v) is 8.34. The first-order valence-corrected chi connectivity index (χ1v) is 11.3. The van der Waals surface area contributed by atoms with Crippen molar-refractivity contribution in [3.05, 3.63) is 121 Å². The first-order chi connectivity index (χ1) is 17.3. The Morgan fingerprint density at radius 2 is 1.40 bits per heavy atom. The van der Waals surface area contributed by atoms with Crippen molar-refractivity contribution in [3.63, 3.8) is 0 Å². The maximum Gasteiger partial charge on any atom is 0.148 e. The van der Waals surface area contributed by atoms with E-state index in [4.69, 9.17) is 0 Å². The summed E-state index contributed by atoms with van der Waals surface area (Å²) < 4.78 is 2.25. The summed E-state index contributed by atoms with van der Waals surface area (Å²) in [5, 5.41) is 21.0. The molecule has 0 aliphatic rings. The zero-order chi connectivity index (χ0) is 23.8. The Morgan fingerprint density at radius 1 is 0.600 bits per heavy atom. The zero-order valence-electron chi connectivity index (χ0n) is 18.7. The number of benzene rings is 4. The fourth-order valence-corrected chi connectivity index (χ4v) is 4.71. The molecule has 0 bridgehead atoms. The highest BCUT2D eigenvalue weighted by Crippen LogP contribution is 2.34. The Bertz CT molecular complexity index is 1810. The first-order valence-electron chi connectivity index (χ1n) is 11.3. The van der Waals surface area contributed by atoms with E-state index < -0.39 is 0 Å².